The molecule has 104 valence electrons. The topological polar surface area (TPSA) is 53.0 Å². The molecule has 5 nitrogen and oxygen atoms in total. The first-order valence-corrected chi connectivity index (χ1v) is 6.88. The van der Waals surface area contributed by atoms with Gasteiger partial charge in [-0.3, -0.25) is 9.69 Å². The Morgan fingerprint density at radius 2 is 2.06 bits per heavy atom. The predicted molar refractivity (Wildman–Crippen MR) is 68.6 cm³/mol. The molecule has 2 heterocycles. The van der Waals surface area contributed by atoms with E-state index in [1.807, 2.05) is 0 Å². The third kappa shape index (κ3) is 2.84. The molecule has 2 saturated heterocycles. The highest BCUT2D eigenvalue weighted by atomic mass is 16.5. The first-order chi connectivity index (χ1) is 8.63. The fraction of sp³-hybridized carbons (Fsp3) is 0.923. The molecule has 5 heteroatoms. The summed E-state index contributed by atoms with van der Waals surface area (Å²) in [5.41, 5.74) is 0. The van der Waals surface area contributed by atoms with Gasteiger partial charge in [-0.1, -0.05) is 6.92 Å². The van der Waals surface area contributed by atoms with E-state index in [9.17, 15) is 9.90 Å². The van der Waals surface area contributed by atoms with Gasteiger partial charge in [0.15, 0.2) is 0 Å². The Bertz CT molecular complexity index is 290. The summed E-state index contributed by atoms with van der Waals surface area (Å²) in [5.74, 6) is -1.09. The molecule has 2 aliphatic rings. The van der Waals surface area contributed by atoms with Crippen molar-refractivity contribution in [3.63, 3.8) is 0 Å². The quantitative estimate of drug-likeness (QED) is 0.794. The fourth-order valence-corrected chi connectivity index (χ4v) is 3.09. The lowest BCUT2D eigenvalue weighted by Crippen LogP contribution is -2.50. The molecule has 0 aromatic rings. The minimum absolute atomic E-state index is 0.0423. The Morgan fingerprint density at radius 3 is 2.61 bits per heavy atom. The number of hydrogen-bond donors (Lipinski definition) is 1. The van der Waals surface area contributed by atoms with Crippen molar-refractivity contribution in [2.75, 3.05) is 39.9 Å². The number of hydrogen-bond acceptors (Lipinski definition) is 4. The summed E-state index contributed by atoms with van der Waals surface area (Å²) >= 11 is 0. The zero-order valence-corrected chi connectivity index (χ0v) is 11.3. The van der Waals surface area contributed by atoms with Gasteiger partial charge in [0.1, 0.15) is 0 Å². The SMILES string of the molecule is CCN1CCC(N(C)C2COCC2C(=O)O)CC1. The third-order valence-electron chi connectivity index (χ3n) is 4.47. The number of carbonyl (C=O) groups is 1. The van der Waals surface area contributed by atoms with E-state index in [-0.39, 0.29) is 12.0 Å². The number of likely N-dealkylation sites (tertiary alicyclic amines) is 1. The molecule has 0 spiro atoms. The van der Waals surface area contributed by atoms with Crippen LogP contribution in [0.3, 0.4) is 0 Å². The number of ether oxygens (including phenoxy) is 1. The van der Waals surface area contributed by atoms with Crippen molar-refractivity contribution >= 4 is 5.97 Å². The minimum atomic E-state index is -0.727. The third-order valence-corrected chi connectivity index (χ3v) is 4.47. The zero-order valence-electron chi connectivity index (χ0n) is 11.3. The average Bonchev–Trinajstić information content (AvgIpc) is 2.87. The monoisotopic (exact) mass is 256 g/mol. The second kappa shape index (κ2) is 5.99. The van der Waals surface area contributed by atoms with Crippen LogP contribution in [0.4, 0.5) is 0 Å². The van der Waals surface area contributed by atoms with Gasteiger partial charge in [-0.25, -0.2) is 0 Å². The van der Waals surface area contributed by atoms with Crippen molar-refractivity contribution in [1.82, 2.24) is 9.80 Å². The molecule has 2 aliphatic heterocycles. The number of piperidine rings is 1. The Hall–Kier alpha value is -0.650. The normalized spacial score (nSPS) is 31.1. The highest BCUT2D eigenvalue weighted by Gasteiger charge is 2.39. The Morgan fingerprint density at radius 1 is 1.39 bits per heavy atom. The molecule has 0 radical (unpaired) electrons. The van der Waals surface area contributed by atoms with Crippen LogP contribution in [0.1, 0.15) is 19.8 Å². The molecular formula is C13H24N2O3. The molecule has 0 saturated carbocycles. The maximum absolute atomic E-state index is 11.2. The van der Waals surface area contributed by atoms with E-state index in [2.05, 4.69) is 23.8 Å². The smallest absolute Gasteiger partial charge is 0.310 e. The second-order valence-electron chi connectivity index (χ2n) is 5.38. The number of carboxylic acids is 1. The van der Waals surface area contributed by atoms with Gasteiger partial charge >= 0.3 is 5.97 Å². The molecule has 2 unspecified atom stereocenters. The van der Waals surface area contributed by atoms with E-state index in [0.29, 0.717) is 19.3 Å². The Balaban J connectivity index is 1.91. The van der Waals surface area contributed by atoms with E-state index >= 15 is 0 Å². The molecule has 0 aliphatic carbocycles. The number of aliphatic carboxylic acids is 1. The Labute approximate surface area is 109 Å². The summed E-state index contributed by atoms with van der Waals surface area (Å²) in [6, 6.07) is 0.544. The lowest BCUT2D eigenvalue weighted by Gasteiger charge is -2.39. The maximum atomic E-state index is 11.2. The standard InChI is InChI=1S/C13H24N2O3/c1-3-15-6-4-10(5-7-15)14(2)12-9-18-8-11(12)13(16)17/h10-12H,3-9H2,1-2H3,(H,16,17). The van der Waals surface area contributed by atoms with E-state index in [1.165, 1.54) is 0 Å². The van der Waals surface area contributed by atoms with E-state index in [1.54, 1.807) is 0 Å². The molecule has 18 heavy (non-hydrogen) atoms. The van der Waals surface area contributed by atoms with Gasteiger partial charge in [0.25, 0.3) is 0 Å². The van der Waals surface area contributed by atoms with Crippen LogP contribution in [0.15, 0.2) is 0 Å². The van der Waals surface area contributed by atoms with Crippen molar-refractivity contribution < 1.29 is 14.6 Å². The summed E-state index contributed by atoms with van der Waals surface area (Å²) in [5, 5.41) is 9.20. The number of likely N-dealkylation sites (N-methyl/N-ethyl adjacent to an activating group) is 1. The van der Waals surface area contributed by atoms with Crippen LogP contribution in [0, 0.1) is 5.92 Å². The average molecular weight is 256 g/mol. The van der Waals surface area contributed by atoms with Gasteiger partial charge in [0, 0.05) is 12.1 Å². The van der Waals surface area contributed by atoms with Crippen LogP contribution in [0.5, 0.6) is 0 Å². The van der Waals surface area contributed by atoms with Gasteiger partial charge in [-0.2, -0.15) is 0 Å². The van der Waals surface area contributed by atoms with Gasteiger partial charge in [-0.05, 0) is 39.5 Å². The first kappa shape index (κ1) is 13.8. The maximum Gasteiger partial charge on any atom is 0.310 e. The summed E-state index contributed by atoms with van der Waals surface area (Å²) < 4.78 is 5.35. The molecule has 0 aromatic carbocycles. The first-order valence-electron chi connectivity index (χ1n) is 6.88. The van der Waals surface area contributed by atoms with Crippen molar-refractivity contribution in [3.8, 4) is 0 Å². The summed E-state index contributed by atoms with van der Waals surface area (Å²) in [4.78, 5) is 15.9. The summed E-state index contributed by atoms with van der Waals surface area (Å²) in [6.07, 6.45) is 2.26. The van der Waals surface area contributed by atoms with E-state index < -0.39 is 5.97 Å². The molecule has 2 fully saturated rings. The van der Waals surface area contributed by atoms with Gasteiger partial charge in [0.05, 0.1) is 19.1 Å². The summed E-state index contributed by atoms with van der Waals surface area (Å²) in [7, 11) is 2.06. The van der Waals surface area contributed by atoms with Crippen LogP contribution in [-0.2, 0) is 9.53 Å². The van der Waals surface area contributed by atoms with Crippen molar-refractivity contribution in [3.05, 3.63) is 0 Å². The molecule has 0 bridgehead atoms. The van der Waals surface area contributed by atoms with Gasteiger partial charge in [0.2, 0.25) is 0 Å². The van der Waals surface area contributed by atoms with Crippen molar-refractivity contribution in [1.29, 1.82) is 0 Å². The van der Waals surface area contributed by atoms with Crippen LogP contribution in [0.2, 0.25) is 0 Å². The highest BCUT2D eigenvalue weighted by molar-refractivity contribution is 5.71. The number of carboxylic acid groups (broad SMARTS) is 1. The number of nitrogens with zero attached hydrogens (tertiary/aromatic N) is 2. The zero-order chi connectivity index (χ0) is 13.1. The summed E-state index contributed by atoms with van der Waals surface area (Å²) in [6.45, 7) is 6.46. The number of rotatable bonds is 4. The van der Waals surface area contributed by atoms with Crippen molar-refractivity contribution in [2.45, 2.75) is 31.8 Å². The molecular weight excluding hydrogens is 232 g/mol. The molecule has 1 N–H and O–H groups in total. The lowest BCUT2D eigenvalue weighted by molar-refractivity contribution is -0.143. The largest absolute Gasteiger partial charge is 0.481 e. The van der Waals surface area contributed by atoms with Crippen LogP contribution in [0.25, 0.3) is 0 Å². The molecule has 2 rings (SSSR count). The highest BCUT2D eigenvalue weighted by Crippen LogP contribution is 2.24. The Kier molecular flexibility index (Phi) is 4.59. The molecule has 0 amide bonds. The van der Waals surface area contributed by atoms with E-state index in [4.69, 9.17) is 4.74 Å². The molecule has 2 atom stereocenters. The second-order valence-corrected chi connectivity index (χ2v) is 5.38. The van der Waals surface area contributed by atoms with E-state index in [0.717, 1.165) is 32.5 Å². The van der Waals surface area contributed by atoms with Crippen LogP contribution >= 0.6 is 0 Å². The minimum Gasteiger partial charge on any atom is -0.481 e. The van der Waals surface area contributed by atoms with Crippen LogP contribution in [-0.4, -0.2) is 72.9 Å². The van der Waals surface area contributed by atoms with Crippen LogP contribution < -0.4 is 0 Å². The van der Waals surface area contributed by atoms with Crippen molar-refractivity contribution in [2.24, 2.45) is 5.92 Å². The molecule has 0 aromatic heterocycles. The fourth-order valence-electron chi connectivity index (χ4n) is 3.09. The predicted octanol–water partition coefficient (Wildman–Crippen LogP) is 0.502. The van der Waals surface area contributed by atoms with Gasteiger partial charge < -0.3 is 14.7 Å². The van der Waals surface area contributed by atoms with Gasteiger partial charge in [-0.15, -0.1) is 0 Å². The lowest BCUT2D eigenvalue weighted by atomic mass is 9.97.